The summed E-state index contributed by atoms with van der Waals surface area (Å²) in [6, 6.07) is 14.3. The second-order valence-corrected chi connectivity index (χ2v) is 4.46. The first kappa shape index (κ1) is 13.0. The molecular weight excluding hydrogens is 268 g/mol. The molecular formula is C15H12N4O2. The summed E-state index contributed by atoms with van der Waals surface area (Å²) in [5.74, 6) is 0.561. The number of pyridine rings is 2. The van der Waals surface area contributed by atoms with Crippen LogP contribution >= 0.6 is 0 Å². The Kier molecular flexibility index (Phi) is 3.19. The lowest BCUT2D eigenvalue weighted by Crippen LogP contribution is -2.00. The third-order valence-electron chi connectivity index (χ3n) is 3.17. The first-order valence-corrected chi connectivity index (χ1v) is 6.38. The van der Waals surface area contributed by atoms with E-state index in [4.69, 9.17) is 0 Å². The minimum Gasteiger partial charge on any atom is -0.373 e. The van der Waals surface area contributed by atoms with Crippen molar-refractivity contribution in [3.05, 3.63) is 58.6 Å². The van der Waals surface area contributed by atoms with Gasteiger partial charge in [-0.25, -0.2) is 9.97 Å². The molecule has 0 radical (unpaired) electrons. The van der Waals surface area contributed by atoms with Crippen LogP contribution in [0.1, 0.15) is 0 Å². The summed E-state index contributed by atoms with van der Waals surface area (Å²) in [7, 11) is 1.71. The molecule has 1 N–H and O–H groups in total. The quantitative estimate of drug-likeness (QED) is 0.588. The van der Waals surface area contributed by atoms with Crippen molar-refractivity contribution < 1.29 is 4.92 Å². The van der Waals surface area contributed by atoms with Gasteiger partial charge in [0.1, 0.15) is 5.82 Å². The van der Waals surface area contributed by atoms with Crippen molar-refractivity contribution in [3.8, 4) is 11.4 Å². The van der Waals surface area contributed by atoms with Crippen molar-refractivity contribution >= 4 is 22.4 Å². The SMILES string of the molecule is CNc1ccc([N+](=O)[O-])c(-c2ccc3ccccc3n2)n1. The van der Waals surface area contributed by atoms with Gasteiger partial charge in [-0.15, -0.1) is 0 Å². The molecule has 0 saturated carbocycles. The number of nitrogens with zero attached hydrogens (tertiary/aromatic N) is 3. The van der Waals surface area contributed by atoms with Gasteiger partial charge in [0, 0.05) is 18.5 Å². The van der Waals surface area contributed by atoms with Gasteiger partial charge >= 0.3 is 0 Å². The van der Waals surface area contributed by atoms with E-state index < -0.39 is 4.92 Å². The lowest BCUT2D eigenvalue weighted by Gasteiger charge is -2.06. The number of anilines is 1. The molecule has 104 valence electrons. The first-order valence-electron chi connectivity index (χ1n) is 6.38. The van der Waals surface area contributed by atoms with Gasteiger partial charge in [0.2, 0.25) is 0 Å². The van der Waals surface area contributed by atoms with Gasteiger partial charge in [0.25, 0.3) is 5.69 Å². The number of aromatic nitrogens is 2. The molecule has 0 atom stereocenters. The maximum absolute atomic E-state index is 11.2. The maximum atomic E-state index is 11.2. The Bertz CT molecular complexity index is 833. The minimum absolute atomic E-state index is 0.0585. The van der Waals surface area contributed by atoms with Crippen LogP contribution in [0.15, 0.2) is 48.5 Å². The van der Waals surface area contributed by atoms with Gasteiger partial charge in [0.15, 0.2) is 5.69 Å². The molecule has 2 aromatic heterocycles. The molecule has 3 aromatic rings. The lowest BCUT2D eigenvalue weighted by atomic mass is 10.1. The molecule has 0 spiro atoms. The van der Waals surface area contributed by atoms with Crippen molar-refractivity contribution in [2.75, 3.05) is 12.4 Å². The number of para-hydroxylation sites is 1. The molecule has 0 amide bonds. The average Bonchev–Trinajstić information content (AvgIpc) is 2.53. The fraction of sp³-hybridized carbons (Fsp3) is 0.0667. The van der Waals surface area contributed by atoms with Gasteiger partial charge in [-0.2, -0.15) is 0 Å². The van der Waals surface area contributed by atoms with E-state index in [1.807, 2.05) is 30.3 Å². The van der Waals surface area contributed by atoms with Gasteiger partial charge in [0.05, 0.1) is 16.1 Å². The summed E-state index contributed by atoms with van der Waals surface area (Å²) in [5, 5.41) is 15.0. The first-order chi connectivity index (χ1) is 10.2. The van der Waals surface area contributed by atoms with E-state index in [1.165, 1.54) is 6.07 Å². The second-order valence-electron chi connectivity index (χ2n) is 4.46. The molecule has 2 heterocycles. The normalized spacial score (nSPS) is 10.5. The highest BCUT2D eigenvalue weighted by molar-refractivity contribution is 5.82. The van der Waals surface area contributed by atoms with Crippen molar-refractivity contribution in [3.63, 3.8) is 0 Å². The minimum atomic E-state index is -0.446. The van der Waals surface area contributed by atoms with Crippen molar-refractivity contribution in [2.24, 2.45) is 0 Å². The standard InChI is InChI=1S/C15H12N4O2/c1-16-14-9-8-13(19(20)21)15(18-14)12-7-6-10-4-2-3-5-11(10)17-12/h2-9H,1H3,(H,16,18). The van der Waals surface area contributed by atoms with E-state index in [0.29, 0.717) is 11.5 Å². The van der Waals surface area contributed by atoms with Crippen LogP contribution in [0.5, 0.6) is 0 Å². The van der Waals surface area contributed by atoms with E-state index in [0.717, 1.165) is 10.9 Å². The molecule has 0 aliphatic rings. The van der Waals surface area contributed by atoms with E-state index in [1.54, 1.807) is 19.2 Å². The number of hydrogen-bond donors (Lipinski definition) is 1. The Labute approximate surface area is 120 Å². The molecule has 6 nitrogen and oxygen atoms in total. The van der Waals surface area contributed by atoms with Gasteiger partial charge in [-0.3, -0.25) is 10.1 Å². The van der Waals surface area contributed by atoms with Gasteiger partial charge < -0.3 is 5.32 Å². The number of rotatable bonds is 3. The molecule has 21 heavy (non-hydrogen) atoms. The molecule has 0 bridgehead atoms. The number of nitro groups is 1. The second kappa shape index (κ2) is 5.16. The Morgan fingerprint density at radius 1 is 1.05 bits per heavy atom. The Hall–Kier alpha value is -3.02. The number of benzene rings is 1. The monoisotopic (exact) mass is 280 g/mol. The summed E-state index contributed by atoms with van der Waals surface area (Å²) in [5.41, 5.74) is 1.47. The molecule has 0 fully saturated rings. The van der Waals surface area contributed by atoms with Crippen LogP contribution in [0.4, 0.5) is 11.5 Å². The maximum Gasteiger partial charge on any atom is 0.297 e. The van der Waals surface area contributed by atoms with Crippen LogP contribution in [-0.2, 0) is 0 Å². The van der Waals surface area contributed by atoms with Crippen LogP contribution in [0.3, 0.4) is 0 Å². The highest BCUT2D eigenvalue weighted by atomic mass is 16.6. The van der Waals surface area contributed by atoms with Crippen LogP contribution < -0.4 is 5.32 Å². The summed E-state index contributed by atoms with van der Waals surface area (Å²) < 4.78 is 0. The van der Waals surface area contributed by atoms with E-state index >= 15 is 0 Å². The molecule has 1 aromatic carbocycles. The Morgan fingerprint density at radius 2 is 1.86 bits per heavy atom. The number of fused-ring (bicyclic) bond motifs is 1. The fourth-order valence-electron chi connectivity index (χ4n) is 2.12. The van der Waals surface area contributed by atoms with Gasteiger partial charge in [-0.1, -0.05) is 24.3 Å². The van der Waals surface area contributed by atoms with Gasteiger partial charge in [-0.05, 0) is 18.2 Å². The molecule has 6 heteroatoms. The number of nitrogens with one attached hydrogen (secondary N) is 1. The van der Waals surface area contributed by atoms with Crippen molar-refractivity contribution in [1.29, 1.82) is 0 Å². The third kappa shape index (κ3) is 2.38. The largest absolute Gasteiger partial charge is 0.373 e. The van der Waals surface area contributed by atoms with E-state index in [2.05, 4.69) is 15.3 Å². The highest BCUT2D eigenvalue weighted by Gasteiger charge is 2.18. The summed E-state index contributed by atoms with van der Waals surface area (Å²) >= 11 is 0. The molecule has 0 aliphatic carbocycles. The van der Waals surface area contributed by atoms with Crippen LogP contribution in [0, 0.1) is 10.1 Å². The fourth-order valence-corrected chi connectivity index (χ4v) is 2.12. The topological polar surface area (TPSA) is 81.0 Å². The summed E-state index contributed by atoms with van der Waals surface area (Å²) in [4.78, 5) is 19.5. The zero-order valence-corrected chi connectivity index (χ0v) is 11.3. The Balaban J connectivity index is 2.22. The molecule has 0 unspecified atom stereocenters. The molecule has 0 aliphatic heterocycles. The average molecular weight is 280 g/mol. The summed E-state index contributed by atoms with van der Waals surface area (Å²) in [6.07, 6.45) is 0. The highest BCUT2D eigenvalue weighted by Crippen LogP contribution is 2.29. The predicted molar refractivity (Wildman–Crippen MR) is 81.2 cm³/mol. The molecule has 0 saturated heterocycles. The van der Waals surface area contributed by atoms with E-state index in [9.17, 15) is 10.1 Å². The summed E-state index contributed by atoms with van der Waals surface area (Å²) in [6.45, 7) is 0. The van der Waals surface area contributed by atoms with Crippen LogP contribution in [0.25, 0.3) is 22.3 Å². The van der Waals surface area contributed by atoms with Crippen molar-refractivity contribution in [2.45, 2.75) is 0 Å². The zero-order chi connectivity index (χ0) is 14.8. The number of hydrogen-bond acceptors (Lipinski definition) is 5. The molecule has 3 rings (SSSR count). The van der Waals surface area contributed by atoms with Crippen LogP contribution in [-0.4, -0.2) is 21.9 Å². The zero-order valence-electron chi connectivity index (χ0n) is 11.3. The predicted octanol–water partition coefficient (Wildman–Crippen LogP) is 3.25. The Morgan fingerprint density at radius 3 is 2.62 bits per heavy atom. The van der Waals surface area contributed by atoms with Crippen LogP contribution in [0.2, 0.25) is 0 Å². The smallest absolute Gasteiger partial charge is 0.297 e. The lowest BCUT2D eigenvalue weighted by molar-refractivity contribution is -0.384. The van der Waals surface area contributed by atoms with E-state index in [-0.39, 0.29) is 11.4 Å². The van der Waals surface area contributed by atoms with Crippen molar-refractivity contribution in [1.82, 2.24) is 9.97 Å². The third-order valence-corrected chi connectivity index (χ3v) is 3.17.